The number of ketones is 1. The third-order valence-corrected chi connectivity index (χ3v) is 4.43. The molecule has 0 spiro atoms. The van der Waals surface area contributed by atoms with Gasteiger partial charge in [0.1, 0.15) is 11.6 Å². The summed E-state index contributed by atoms with van der Waals surface area (Å²) in [4.78, 5) is 14.4. The number of carbonyl (C=O) groups is 1. The number of halogens is 2. The van der Waals surface area contributed by atoms with E-state index in [1.807, 2.05) is 11.8 Å². The molecular weight excluding hydrogens is 268 g/mol. The molecule has 0 radical (unpaired) electrons. The summed E-state index contributed by atoms with van der Waals surface area (Å²) >= 11 is 1.87. The Bertz CT molecular complexity index is 459. The first-order valence-electron chi connectivity index (χ1n) is 6.40. The smallest absolute Gasteiger partial charge is 0.182 e. The van der Waals surface area contributed by atoms with Gasteiger partial charge in [0.05, 0.1) is 11.6 Å². The summed E-state index contributed by atoms with van der Waals surface area (Å²) in [6.07, 6.45) is 1.04. The van der Waals surface area contributed by atoms with Gasteiger partial charge in [-0.1, -0.05) is 0 Å². The molecule has 2 nitrogen and oxygen atoms in total. The molecule has 1 unspecified atom stereocenters. The SMILES string of the molecule is CC(C(=O)c1ccc(F)cc1F)N1CCCSCC1. The zero-order chi connectivity index (χ0) is 13.8. The van der Waals surface area contributed by atoms with Crippen molar-refractivity contribution in [3.8, 4) is 0 Å². The molecule has 0 bridgehead atoms. The first kappa shape index (κ1) is 14.5. The highest BCUT2D eigenvalue weighted by Gasteiger charge is 2.25. The molecule has 1 saturated heterocycles. The molecule has 1 heterocycles. The van der Waals surface area contributed by atoms with Gasteiger partial charge in [-0.2, -0.15) is 11.8 Å². The average Bonchev–Trinajstić information content (AvgIpc) is 2.66. The minimum Gasteiger partial charge on any atom is -0.293 e. The van der Waals surface area contributed by atoms with Crippen LogP contribution in [0.5, 0.6) is 0 Å². The van der Waals surface area contributed by atoms with Crippen molar-refractivity contribution in [2.24, 2.45) is 0 Å². The van der Waals surface area contributed by atoms with Gasteiger partial charge in [0.2, 0.25) is 0 Å². The molecule has 0 aliphatic carbocycles. The first-order valence-corrected chi connectivity index (χ1v) is 7.56. The molecule has 5 heteroatoms. The van der Waals surface area contributed by atoms with Gasteiger partial charge in [0.15, 0.2) is 5.78 Å². The second-order valence-corrected chi connectivity index (χ2v) is 5.89. The number of nitrogens with zero attached hydrogens (tertiary/aromatic N) is 1. The van der Waals surface area contributed by atoms with Crippen LogP contribution in [0.2, 0.25) is 0 Å². The summed E-state index contributed by atoms with van der Waals surface area (Å²) in [7, 11) is 0. The molecule has 1 fully saturated rings. The maximum absolute atomic E-state index is 13.6. The van der Waals surface area contributed by atoms with Gasteiger partial charge in [-0.3, -0.25) is 9.69 Å². The zero-order valence-corrected chi connectivity index (χ0v) is 11.7. The van der Waals surface area contributed by atoms with Crippen LogP contribution in [0.1, 0.15) is 23.7 Å². The molecule has 1 aliphatic rings. The number of thioether (sulfide) groups is 1. The van der Waals surface area contributed by atoms with Crippen molar-refractivity contribution in [3.63, 3.8) is 0 Å². The third kappa shape index (κ3) is 3.54. The highest BCUT2D eigenvalue weighted by molar-refractivity contribution is 7.99. The summed E-state index contributed by atoms with van der Waals surface area (Å²) in [5.74, 6) is 0.379. The number of benzene rings is 1. The molecule has 19 heavy (non-hydrogen) atoms. The third-order valence-electron chi connectivity index (χ3n) is 3.38. The van der Waals surface area contributed by atoms with Crippen molar-refractivity contribution in [2.45, 2.75) is 19.4 Å². The molecule has 1 aliphatic heterocycles. The molecule has 0 aromatic heterocycles. The van der Waals surface area contributed by atoms with Gasteiger partial charge in [0.25, 0.3) is 0 Å². The maximum Gasteiger partial charge on any atom is 0.182 e. The second kappa shape index (κ2) is 6.48. The van der Waals surface area contributed by atoms with E-state index in [0.717, 1.165) is 43.1 Å². The summed E-state index contributed by atoms with van der Waals surface area (Å²) in [6.45, 7) is 3.48. The maximum atomic E-state index is 13.6. The van der Waals surface area contributed by atoms with Crippen molar-refractivity contribution >= 4 is 17.5 Å². The summed E-state index contributed by atoms with van der Waals surface area (Å²) in [6, 6.07) is 2.76. The lowest BCUT2D eigenvalue weighted by Gasteiger charge is -2.26. The van der Waals surface area contributed by atoms with Crippen LogP contribution in [0, 0.1) is 11.6 Å². The highest BCUT2D eigenvalue weighted by atomic mass is 32.2. The van der Waals surface area contributed by atoms with Crippen LogP contribution in [0.4, 0.5) is 8.78 Å². The molecule has 0 N–H and O–H groups in total. The monoisotopic (exact) mass is 285 g/mol. The van der Waals surface area contributed by atoms with Crippen molar-refractivity contribution in [1.29, 1.82) is 0 Å². The fourth-order valence-corrected chi connectivity index (χ4v) is 3.13. The second-order valence-electron chi connectivity index (χ2n) is 4.67. The standard InChI is InChI=1S/C14H17F2NOS/c1-10(17-5-2-7-19-8-6-17)14(18)12-4-3-11(15)9-13(12)16/h3-4,9-10H,2,5-8H2,1H3. The van der Waals surface area contributed by atoms with Crippen molar-refractivity contribution in [1.82, 2.24) is 4.90 Å². The summed E-state index contributed by atoms with van der Waals surface area (Å²) in [5, 5.41) is 0. The largest absolute Gasteiger partial charge is 0.293 e. The Labute approximate surface area is 116 Å². The average molecular weight is 285 g/mol. The van der Waals surface area contributed by atoms with Crippen LogP contribution in [-0.4, -0.2) is 41.3 Å². The molecule has 1 aromatic carbocycles. The van der Waals surface area contributed by atoms with Gasteiger partial charge >= 0.3 is 0 Å². The Morgan fingerprint density at radius 2 is 2.11 bits per heavy atom. The lowest BCUT2D eigenvalue weighted by molar-refractivity contribution is 0.0844. The Hall–Kier alpha value is -0.940. The fourth-order valence-electron chi connectivity index (χ4n) is 2.23. The van der Waals surface area contributed by atoms with E-state index in [4.69, 9.17) is 0 Å². The van der Waals surface area contributed by atoms with Crippen LogP contribution in [0.15, 0.2) is 18.2 Å². The number of Topliss-reactive ketones (excluding diaryl/α,β-unsaturated/α-hetero) is 1. The Balaban J connectivity index is 2.13. The van der Waals surface area contributed by atoms with Crippen LogP contribution >= 0.6 is 11.8 Å². The highest BCUT2D eigenvalue weighted by Crippen LogP contribution is 2.17. The number of hydrogen-bond donors (Lipinski definition) is 0. The Kier molecular flexibility index (Phi) is 4.93. The Morgan fingerprint density at radius 3 is 2.84 bits per heavy atom. The zero-order valence-electron chi connectivity index (χ0n) is 10.9. The van der Waals surface area contributed by atoms with E-state index < -0.39 is 11.6 Å². The topological polar surface area (TPSA) is 20.3 Å². The minimum atomic E-state index is -0.777. The van der Waals surface area contributed by atoms with Crippen LogP contribution in [-0.2, 0) is 0 Å². The number of carbonyl (C=O) groups excluding carboxylic acids is 1. The molecule has 1 atom stereocenters. The van der Waals surface area contributed by atoms with E-state index in [1.165, 1.54) is 6.07 Å². The quantitative estimate of drug-likeness (QED) is 0.796. The molecule has 0 amide bonds. The predicted octanol–water partition coefficient (Wildman–Crippen LogP) is 2.97. The Morgan fingerprint density at radius 1 is 1.32 bits per heavy atom. The summed E-state index contributed by atoms with van der Waals surface area (Å²) in [5.41, 5.74) is -0.0224. The van der Waals surface area contributed by atoms with Gasteiger partial charge in [-0.05, 0) is 37.8 Å². The van der Waals surface area contributed by atoms with E-state index >= 15 is 0 Å². The molecule has 0 saturated carbocycles. The van der Waals surface area contributed by atoms with E-state index in [9.17, 15) is 13.6 Å². The predicted molar refractivity (Wildman–Crippen MR) is 73.7 cm³/mol. The van der Waals surface area contributed by atoms with Gasteiger partial charge in [-0.15, -0.1) is 0 Å². The van der Waals surface area contributed by atoms with E-state index in [-0.39, 0.29) is 17.4 Å². The van der Waals surface area contributed by atoms with E-state index in [2.05, 4.69) is 4.90 Å². The van der Waals surface area contributed by atoms with Gasteiger partial charge in [-0.25, -0.2) is 8.78 Å². The summed E-state index contributed by atoms with van der Waals surface area (Å²) < 4.78 is 26.5. The van der Waals surface area contributed by atoms with Gasteiger partial charge in [0, 0.05) is 18.4 Å². The van der Waals surface area contributed by atoms with Crippen LogP contribution in [0.3, 0.4) is 0 Å². The van der Waals surface area contributed by atoms with E-state index in [0.29, 0.717) is 0 Å². The number of hydrogen-bond acceptors (Lipinski definition) is 3. The number of rotatable bonds is 3. The fraction of sp³-hybridized carbons (Fsp3) is 0.500. The molecule has 104 valence electrons. The van der Waals surface area contributed by atoms with Crippen LogP contribution in [0.25, 0.3) is 0 Å². The van der Waals surface area contributed by atoms with E-state index in [1.54, 1.807) is 6.92 Å². The first-order chi connectivity index (χ1) is 9.09. The lowest BCUT2D eigenvalue weighted by atomic mass is 10.0. The molecule has 2 rings (SSSR count). The van der Waals surface area contributed by atoms with Crippen molar-refractivity contribution < 1.29 is 13.6 Å². The van der Waals surface area contributed by atoms with Crippen molar-refractivity contribution in [2.75, 3.05) is 24.6 Å². The minimum absolute atomic E-state index is 0.0224. The van der Waals surface area contributed by atoms with Crippen LogP contribution < -0.4 is 0 Å². The lowest BCUT2D eigenvalue weighted by Crippen LogP contribution is -2.40. The molecule has 1 aromatic rings. The normalized spacial score (nSPS) is 18.9. The van der Waals surface area contributed by atoms with Crippen molar-refractivity contribution in [3.05, 3.63) is 35.4 Å². The van der Waals surface area contributed by atoms with Gasteiger partial charge < -0.3 is 0 Å². The molecular formula is C14H17F2NOS.